The number of rotatable bonds is 7. The third kappa shape index (κ3) is 7.13. The van der Waals surface area contributed by atoms with E-state index in [1.54, 1.807) is 0 Å². The van der Waals surface area contributed by atoms with E-state index in [2.05, 4.69) is 67.6 Å². The molecular formula is C32H46F5NO2SSi. The summed E-state index contributed by atoms with van der Waals surface area (Å²) in [5, 5.41) is -0.00833. The number of hydrogen-bond acceptors (Lipinski definition) is 3. The SMILES string of the molecule is CC(C)c1nc2c(c(C3=CCOCC3)c1Cc1ccc(S(F)(F)(F)(F)F)cc1)[C@@H](O[Si](C)(C)C(C)(C)C)CC(C)(C)C2. The second kappa shape index (κ2) is 10.1. The predicted octanol–water partition coefficient (Wildman–Crippen LogP) is 11.3. The molecule has 236 valence electrons. The van der Waals surface area contributed by atoms with Crippen LogP contribution in [0.2, 0.25) is 18.1 Å². The van der Waals surface area contributed by atoms with Crippen LogP contribution in [0.15, 0.2) is 35.2 Å². The zero-order valence-electron chi connectivity index (χ0n) is 26.3. The molecule has 0 saturated carbocycles. The van der Waals surface area contributed by atoms with E-state index in [0.717, 1.165) is 46.5 Å². The van der Waals surface area contributed by atoms with Gasteiger partial charge in [-0.15, -0.1) is 0 Å². The number of aromatic nitrogens is 1. The molecular weight excluding hydrogens is 585 g/mol. The van der Waals surface area contributed by atoms with Gasteiger partial charge >= 0.3 is 10.2 Å². The summed E-state index contributed by atoms with van der Waals surface area (Å²) in [5.74, 6) is 0.0401. The minimum atomic E-state index is -9.76. The molecule has 1 aromatic carbocycles. The lowest BCUT2D eigenvalue weighted by molar-refractivity contribution is 0.105. The molecule has 0 unspecified atom stereocenters. The van der Waals surface area contributed by atoms with Gasteiger partial charge < -0.3 is 9.16 Å². The number of ether oxygens (including phenoxy) is 1. The molecule has 1 aliphatic carbocycles. The molecule has 10 heteroatoms. The van der Waals surface area contributed by atoms with Gasteiger partial charge in [0.25, 0.3) is 0 Å². The summed E-state index contributed by atoms with van der Waals surface area (Å²) in [5.41, 5.74) is 6.59. The van der Waals surface area contributed by atoms with E-state index in [1.165, 1.54) is 12.1 Å². The molecule has 0 fully saturated rings. The molecule has 2 aliphatic rings. The molecule has 1 atom stereocenters. The number of nitrogens with zero attached hydrogens (tertiary/aromatic N) is 1. The minimum absolute atomic E-state index is 0.00833. The van der Waals surface area contributed by atoms with E-state index in [9.17, 15) is 19.4 Å². The van der Waals surface area contributed by atoms with Crippen LogP contribution in [-0.4, -0.2) is 26.5 Å². The zero-order chi connectivity index (χ0) is 31.6. The first-order valence-corrected chi connectivity index (χ1v) is 19.6. The number of benzene rings is 1. The maximum atomic E-state index is 13.5. The highest BCUT2D eigenvalue weighted by molar-refractivity contribution is 8.45. The number of fused-ring (bicyclic) bond motifs is 1. The molecule has 3 nitrogen and oxygen atoms in total. The summed E-state index contributed by atoms with van der Waals surface area (Å²) >= 11 is 0. The summed E-state index contributed by atoms with van der Waals surface area (Å²) in [6.07, 6.45) is 4.48. The van der Waals surface area contributed by atoms with Gasteiger partial charge in [0.2, 0.25) is 0 Å². The van der Waals surface area contributed by atoms with Crippen molar-refractivity contribution in [2.24, 2.45) is 5.41 Å². The molecule has 2 aromatic rings. The standard InChI is InChI=1S/C32H46F5NO2SSi/c1-21(2)30-25(18-22-10-12-24(13-11-22)41(33,34,35,36)37)28(23-14-16-39-17-15-23)29-26(38-30)19-32(6,7)20-27(29)40-42(8,9)31(3,4)5/h10-14,21,27H,15-20H2,1-9H3/t27-/m0/s1. The van der Waals surface area contributed by atoms with E-state index >= 15 is 0 Å². The van der Waals surface area contributed by atoms with Gasteiger partial charge in [-0.25, -0.2) is 0 Å². The van der Waals surface area contributed by atoms with E-state index in [-0.39, 0.29) is 28.9 Å². The molecule has 0 radical (unpaired) electrons. The van der Waals surface area contributed by atoms with Crippen LogP contribution >= 0.6 is 10.2 Å². The largest absolute Gasteiger partial charge is 0.410 e. The molecule has 0 amide bonds. The quantitative estimate of drug-likeness (QED) is 0.225. The fourth-order valence-corrected chi connectivity index (χ4v) is 7.71. The van der Waals surface area contributed by atoms with Crippen molar-refractivity contribution >= 4 is 24.1 Å². The van der Waals surface area contributed by atoms with Crippen molar-refractivity contribution in [3.8, 4) is 0 Å². The Morgan fingerprint density at radius 1 is 1.07 bits per heavy atom. The van der Waals surface area contributed by atoms with Crippen molar-refractivity contribution in [3.05, 3.63) is 64.0 Å². The maximum Gasteiger partial charge on any atom is 0.310 e. The molecule has 4 rings (SSSR count). The molecule has 2 heterocycles. The molecule has 0 N–H and O–H groups in total. The smallest absolute Gasteiger partial charge is 0.310 e. The highest BCUT2D eigenvalue weighted by Crippen LogP contribution is 3.02. The van der Waals surface area contributed by atoms with Gasteiger partial charge in [0.15, 0.2) is 8.32 Å². The van der Waals surface area contributed by atoms with Crippen LogP contribution in [-0.2, 0) is 22.0 Å². The van der Waals surface area contributed by atoms with Gasteiger partial charge in [0.05, 0.1) is 19.3 Å². The Balaban J connectivity index is 1.96. The first kappa shape index (κ1) is 33.1. The topological polar surface area (TPSA) is 31.4 Å². The van der Waals surface area contributed by atoms with Crippen molar-refractivity contribution in [2.45, 2.75) is 109 Å². The van der Waals surface area contributed by atoms with Gasteiger partial charge in [-0.05, 0) is 89.5 Å². The predicted molar refractivity (Wildman–Crippen MR) is 166 cm³/mol. The van der Waals surface area contributed by atoms with Crippen molar-refractivity contribution in [1.82, 2.24) is 4.98 Å². The lowest BCUT2D eigenvalue weighted by atomic mass is 9.71. The van der Waals surface area contributed by atoms with Gasteiger partial charge in [0.1, 0.15) is 4.90 Å². The Hall–Kier alpha value is -1.75. The van der Waals surface area contributed by atoms with Gasteiger partial charge in [-0.1, -0.05) is 86.1 Å². The maximum absolute atomic E-state index is 13.5. The summed E-state index contributed by atoms with van der Waals surface area (Å²) < 4.78 is 80.1. The van der Waals surface area contributed by atoms with Crippen LogP contribution < -0.4 is 0 Å². The van der Waals surface area contributed by atoms with E-state index in [1.807, 2.05) is 0 Å². The lowest BCUT2D eigenvalue weighted by Gasteiger charge is -2.45. The fourth-order valence-electron chi connectivity index (χ4n) is 5.80. The average molecular weight is 632 g/mol. The minimum Gasteiger partial charge on any atom is -0.410 e. The van der Waals surface area contributed by atoms with Crippen molar-refractivity contribution in [1.29, 1.82) is 0 Å². The van der Waals surface area contributed by atoms with Crippen LogP contribution in [0.3, 0.4) is 0 Å². The Labute approximate surface area is 249 Å². The monoisotopic (exact) mass is 631 g/mol. The first-order chi connectivity index (χ1) is 18.9. The third-order valence-electron chi connectivity index (χ3n) is 8.98. The highest BCUT2D eigenvalue weighted by atomic mass is 32.5. The van der Waals surface area contributed by atoms with E-state index < -0.39 is 23.4 Å². The van der Waals surface area contributed by atoms with Crippen molar-refractivity contribution in [3.63, 3.8) is 0 Å². The highest BCUT2D eigenvalue weighted by Gasteiger charge is 2.65. The molecule has 42 heavy (non-hydrogen) atoms. The summed E-state index contributed by atoms with van der Waals surface area (Å²) in [4.78, 5) is 3.39. The Morgan fingerprint density at radius 3 is 2.19 bits per heavy atom. The third-order valence-corrected chi connectivity index (χ3v) is 14.6. The zero-order valence-corrected chi connectivity index (χ0v) is 28.2. The van der Waals surface area contributed by atoms with Crippen LogP contribution in [0.4, 0.5) is 19.4 Å². The normalized spacial score (nSPS) is 21.4. The number of hydrogen-bond donors (Lipinski definition) is 0. The van der Waals surface area contributed by atoms with Crippen LogP contribution in [0.5, 0.6) is 0 Å². The average Bonchev–Trinajstić information content (AvgIpc) is 2.81. The molecule has 1 aliphatic heterocycles. The van der Waals surface area contributed by atoms with E-state index in [0.29, 0.717) is 37.3 Å². The molecule has 1 aromatic heterocycles. The Morgan fingerprint density at radius 2 is 1.69 bits per heavy atom. The van der Waals surface area contributed by atoms with Crippen molar-refractivity contribution < 1.29 is 28.6 Å². The van der Waals surface area contributed by atoms with Gasteiger partial charge in [-0.2, -0.15) is 0 Å². The first-order valence-electron chi connectivity index (χ1n) is 14.7. The second-order valence-corrected chi connectivity index (χ2v) is 21.8. The van der Waals surface area contributed by atoms with E-state index in [4.69, 9.17) is 14.1 Å². The fraction of sp³-hybridized carbons (Fsp3) is 0.594. The Kier molecular flexibility index (Phi) is 8.00. The van der Waals surface area contributed by atoms with Gasteiger partial charge in [-0.3, -0.25) is 4.98 Å². The summed E-state index contributed by atoms with van der Waals surface area (Å²) in [6, 6.07) is 3.37. The summed E-state index contributed by atoms with van der Waals surface area (Å²) in [7, 11) is -12.0. The van der Waals surface area contributed by atoms with Gasteiger partial charge in [0, 0.05) is 17.0 Å². The summed E-state index contributed by atoms with van der Waals surface area (Å²) in [6.45, 7) is 20.8. The number of pyridine rings is 1. The number of halogens is 5. The van der Waals surface area contributed by atoms with Crippen LogP contribution in [0.1, 0.15) is 107 Å². The molecule has 0 bridgehead atoms. The lowest BCUT2D eigenvalue weighted by Crippen LogP contribution is -2.44. The second-order valence-electron chi connectivity index (χ2n) is 14.6. The van der Waals surface area contributed by atoms with Crippen LogP contribution in [0, 0.1) is 5.41 Å². The van der Waals surface area contributed by atoms with Crippen molar-refractivity contribution in [2.75, 3.05) is 13.2 Å². The molecule has 0 saturated heterocycles. The molecule has 0 spiro atoms. The van der Waals surface area contributed by atoms with Crippen LogP contribution in [0.25, 0.3) is 5.57 Å². The Bertz CT molecular complexity index is 1380.